The Morgan fingerprint density at radius 3 is 2.67 bits per heavy atom. The van der Waals surface area contributed by atoms with E-state index in [4.69, 9.17) is 0 Å². The lowest BCUT2D eigenvalue weighted by Crippen LogP contribution is -2.36. The van der Waals surface area contributed by atoms with Crippen LogP contribution in [-0.4, -0.2) is 20.4 Å². The van der Waals surface area contributed by atoms with Crippen molar-refractivity contribution in [3.8, 4) is 0 Å². The summed E-state index contributed by atoms with van der Waals surface area (Å²) in [6, 6.07) is 12.6. The van der Waals surface area contributed by atoms with Gasteiger partial charge in [0, 0.05) is 23.3 Å². The Bertz CT molecular complexity index is 996. The van der Waals surface area contributed by atoms with E-state index in [1.165, 1.54) is 0 Å². The number of carbonyl (C=O) groups is 1. The number of fused-ring (bicyclic) bond motifs is 1. The lowest BCUT2D eigenvalue weighted by atomic mass is 10.1. The topological polar surface area (TPSA) is 66.5 Å². The Hall–Kier alpha value is -2.34. The molecule has 1 aliphatic heterocycles. The van der Waals surface area contributed by atoms with E-state index < -0.39 is 10.0 Å². The zero-order chi connectivity index (χ0) is 19.2. The van der Waals surface area contributed by atoms with Crippen LogP contribution in [0.4, 0.5) is 11.4 Å². The molecule has 1 heterocycles. The van der Waals surface area contributed by atoms with Crippen LogP contribution in [-0.2, 0) is 27.7 Å². The quantitative estimate of drug-likeness (QED) is 0.854. The molecule has 0 spiro atoms. The molecule has 1 fully saturated rings. The molecular weight excluding hydrogens is 360 g/mol. The van der Waals surface area contributed by atoms with E-state index in [0.29, 0.717) is 12.1 Å². The van der Waals surface area contributed by atoms with Crippen LogP contribution in [0.1, 0.15) is 37.8 Å². The van der Waals surface area contributed by atoms with Gasteiger partial charge < -0.3 is 4.90 Å². The molecule has 1 amide bonds. The maximum Gasteiger partial charge on any atom is 0.261 e. The number of aryl methyl sites for hydroxylation is 1. The average Bonchev–Trinajstić information content (AvgIpc) is 3.43. The minimum absolute atomic E-state index is 0.0697. The lowest BCUT2D eigenvalue weighted by molar-refractivity contribution is -0.120. The first kappa shape index (κ1) is 18.0. The van der Waals surface area contributed by atoms with Crippen LogP contribution in [0.2, 0.25) is 0 Å². The highest BCUT2D eigenvalue weighted by Crippen LogP contribution is 2.39. The van der Waals surface area contributed by atoms with Crippen LogP contribution in [0.15, 0.2) is 47.4 Å². The predicted molar refractivity (Wildman–Crippen MR) is 106 cm³/mol. The van der Waals surface area contributed by atoms with Crippen LogP contribution in [0.25, 0.3) is 0 Å². The van der Waals surface area contributed by atoms with Crippen LogP contribution >= 0.6 is 0 Å². The largest absolute Gasteiger partial charge is 0.309 e. The van der Waals surface area contributed by atoms with Gasteiger partial charge in [0.1, 0.15) is 0 Å². The van der Waals surface area contributed by atoms with Crippen molar-refractivity contribution in [2.24, 2.45) is 5.92 Å². The van der Waals surface area contributed by atoms with Crippen LogP contribution in [0.5, 0.6) is 0 Å². The van der Waals surface area contributed by atoms with E-state index >= 15 is 0 Å². The number of anilines is 2. The van der Waals surface area contributed by atoms with Crippen molar-refractivity contribution in [3.63, 3.8) is 0 Å². The van der Waals surface area contributed by atoms with Crippen LogP contribution < -0.4 is 9.62 Å². The van der Waals surface area contributed by atoms with Crippen molar-refractivity contribution in [1.29, 1.82) is 0 Å². The van der Waals surface area contributed by atoms with Gasteiger partial charge in [-0.25, -0.2) is 8.42 Å². The van der Waals surface area contributed by atoms with Gasteiger partial charge in [0.2, 0.25) is 5.91 Å². The summed E-state index contributed by atoms with van der Waals surface area (Å²) in [5.74, 6) is 0.320. The summed E-state index contributed by atoms with van der Waals surface area (Å²) in [6.07, 6.45) is 3.45. The van der Waals surface area contributed by atoms with Crippen molar-refractivity contribution >= 4 is 27.3 Å². The fraction of sp³-hybridized carbons (Fsp3) is 0.381. The van der Waals surface area contributed by atoms with Gasteiger partial charge in [0.05, 0.1) is 4.90 Å². The fourth-order valence-corrected chi connectivity index (χ4v) is 4.81. The molecule has 1 saturated carbocycles. The standard InChI is InChI=1S/C21H24N2O3S/c1-3-15-5-4-6-18(12-15)22-27(25,26)19-9-10-20-17(13-19)11-14(2)23(20)21(24)16-7-8-16/h4-6,9-10,12-14,16,22H,3,7-8,11H2,1-2H3/t14-/m0/s1. The van der Waals surface area contributed by atoms with Crippen molar-refractivity contribution in [2.45, 2.75) is 50.5 Å². The number of carbonyl (C=O) groups excluding carboxylic acids is 1. The highest BCUT2D eigenvalue weighted by atomic mass is 32.2. The molecule has 1 N–H and O–H groups in total. The summed E-state index contributed by atoms with van der Waals surface area (Å²) in [4.78, 5) is 14.6. The van der Waals surface area contributed by atoms with Gasteiger partial charge >= 0.3 is 0 Å². The van der Waals surface area contributed by atoms with E-state index in [2.05, 4.69) is 4.72 Å². The molecule has 0 saturated heterocycles. The van der Waals surface area contributed by atoms with E-state index in [9.17, 15) is 13.2 Å². The maximum atomic E-state index is 12.8. The Labute approximate surface area is 160 Å². The third-order valence-electron chi connectivity index (χ3n) is 5.33. The molecule has 27 heavy (non-hydrogen) atoms. The van der Waals surface area contributed by atoms with Crippen molar-refractivity contribution in [2.75, 3.05) is 9.62 Å². The molecule has 6 heteroatoms. The summed E-state index contributed by atoms with van der Waals surface area (Å²) in [6.45, 7) is 4.05. The molecule has 1 aliphatic carbocycles. The number of rotatable bonds is 5. The number of nitrogens with one attached hydrogen (secondary N) is 1. The monoisotopic (exact) mass is 384 g/mol. The van der Waals surface area contributed by atoms with Crippen LogP contribution in [0, 0.1) is 5.92 Å². The molecule has 0 bridgehead atoms. The molecule has 142 valence electrons. The second-order valence-electron chi connectivity index (χ2n) is 7.49. The molecule has 0 aromatic heterocycles. The van der Waals surface area contributed by atoms with E-state index in [1.54, 1.807) is 24.3 Å². The van der Waals surface area contributed by atoms with Gasteiger partial charge in [-0.3, -0.25) is 9.52 Å². The summed E-state index contributed by atoms with van der Waals surface area (Å²) < 4.78 is 28.3. The first-order valence-electron chi connectivity index (χ1n) is 9.47. The maximum absolute atomic E-state index is 12.8. The molecule has 2 aromatic carbocycles. The smallest absolute Gasteiger partial charge is 0.261 e. The molecule has 4 rings (SSSR count). The van der Waals surface area contributed by atoms with E-state index in [1.807, 2.05) is 36.9 Å². The number of nitrogens with zero attached hydrogens (tertiary/aromatic N) is 1. The minimum atomic E-state index is -3.67. The number of benzene rings is 2. The number of amides is 1. The number of hydrogen-bond donors (Lipinski definition) is 1. The van der Waals surface area contributed by atoms with Gasteiger partial charge in [-0.1, -0.05) is 19.1 Å². The first-order chi connectivity index (χ1) is 12.9. The molecule has 0 radical (unpaired) electrons. The second-order valence-corrected chi connectivity index (χ2v) is 9.17. The SMILES string of the molecule is CCc1cccc(NS(=O)(=O)c2ccc3c(c2)C[C@H](C)N3C(=O)C2CC2)c1. The van der Waals surface area contributed by atoms with Crippen molar-refractivity contribution < 1.29 is 13.2 Å². The second kappa shape index (κ2) is 6.68. The fourth-order valence-electron chi connectivity index (χ4n) is 3.71. The average molecular weight is 385 g/mol. The molecule has 2 aliphatic rings. The lowest BCUT2D eigenvalue weighted by Gasteiger charge is -2.22. The number of hydrogen-bond acceptors (Lipinski definition) is 3. The predicted octanol–water partition coefficient (Wildman–Crippen LogP) is 3.74. The Morgan fingerprint density at radius 2 is 1.96 bits per heavy atom. The van der Waals surface area contributed by atoms with Crippen LogP contribution in [0.3, 0.4) is 0 Å². The molecular formula is C21H24N2O3S. The summed E-state index contributed by atoms with van der Waals surface area (Å²) in [7, 11) is -3.67. The zero-order valence-electron chi connectivity index (χ0n) is 15.6. The molecule has 1 atom stereocenters. The Morgan fingerprint density at radius 1 is 1.19 bits per heavy atom. The molecule has 5 nitrogen and oxygen atoms in total. The summed E-state index contributed by atoms with van der Waals surface area (Å²) in [5.41, 5.74) is 3.41. The Balaban J connectivity index is 1.61. The van der Waals surface area contributed by atoms with Gasteiger partial charge in [-0.2, -0.15) is 0 Å². The third-order valence-corrected chi connectivity index (χ3v) is 6.71. The normalized spacial score (nSPS) is 19.0. The van der Waals surface area contributed by atoms with Crippen molar-refractivity contribution in [1.82, 2.24) is 0 Å². The van der Waals surface area contributed by atoms with Gasteiger partial charge in [0.15, 0.2) is 0 Å². The van der Waals surface area contributed by atoms with Gasteiger partial charge in [-0.05, 0) is 74.1 Å². The first-order valence-corrected chi connectivity index (χ1v) is 10.9. The van der Waals surface area contributed by atoms with Gasteiger partial charge in [-0.15, -0.1) is 0 Å². The van der Waals surface area contributed by atoms with E-state index in [-0.39, 0.29) is 22.8 Å². The van der Waals surface area contributed by atoms with Gasteiger partial charge in [0.25, 0.3) is 10.0 Å². The zero-order valence-corrected chi connectivity index (χ0v) is 16.4. The van der Waals surface area contributed by atoms with E-state index in [0.717, 1.165) is 36.1 Å². The van der Waals surface area contributed by atoms with Crippen molar-refractivity contribution in [3.05, 3.63) is 53.6 Å². The highest BCUT2D eigenvalue weighted by molar-refractivity contribution is 7.92. The highest BCUT2D eigenvalue weighted by Gasteiger charge is 2.39. The minimum Gasteiger partial charge on any atom is -0.309 e. The third kappa shape index (κ3) is 3.46. The summed E-state index contributed by atoms with van der Waals surface area (Å²) >= 11 is 0. The molecule has 0 unspecified atom stereocenters. The Kier molecular flexibility index (Phi) is 4.46. The number of sulfonamides is 1. The molecule has 2 aromatic rings. The summed E-state index contributed by atoms with van der Waals surface area (Å²) in [5, 5.41) is 0.